The normalized spacial score (nSPS) is 29.0. The molecule has 4 heterocycles. The van der Waals surface area contributed by atoms with Gasteiger partial charge < -0.3 is 15.0 Å². The molecule has 55 heavy (non-hydrogen) atoms. The van der Waals surface area contributed by atoms with Gasteiger partial charge in [0.05, 0.1) is 18.7 Å². The van der Waals surface area contributed by atoms with Crippen molar-refractivity contribution in [2.75, 3.05) is 26.2 Å². The smallest absolute Gasteiger partial charge is 0.434 e. The molecule has 2 N–H and O–H groups in total. The quantitative estimate of drug-likeness (QED) is 0.225. The molecule has 5 fully saturated rings. The number of nitrogens with one attached hydrogen (secondary N) is 1. The number of carbonyl (C=O) groups is 2. The molecule has 2 aromatic heterocycles. The van der Waals surface area contributed by atoms with Gasteiger partial charge >= 0.3 is 12.1 Å². The van der Waals surface area contributed by atoms with Crippen molar-refractivity contribution in [3.8, 4) is 11.4 Å². The van der Waals surface area contributed by atoms with E-state index in [1.54, 1.807) is 12.3 Å². The van der Waals surface area contributed by atoms with Crippen LogP contribution in [0.15, 0.2) is 30.6 Å². The fourth-order valence-corrected chi connectivity index (χ4v) is 10.3. The van der Waals surface area contributed by atoms with Crippen molar-refractivity contribution in [3.05, 3.63) is 47.4 Å². The monoisotopic (exact) mass is 778 g/mol. The summed E-state index contributed by atoms with van der Waals surface area (Å²) in [5, 5.41) is 13.3. The van der Waals surface area contributed by atoms with Gasteiger partial charge in [0.25, 0.3) is 11.8 Å². The Bertz CT molecular complexity index is 1960. The van der Waals surface area contributed by atoms with Gasteiger partial charge in [-0.05, 0) is 93.8 Å². The number of carboxylic acids is 1. The number of carboxylic acid groups (broad SMARTS) is 1. The number of aliphatic carboxylic acids is 1. The van der Waals surface area contributed by atoms with Crippen LogP contribution >= 0.6 is 0 Å². The van der Waals surface area contributed by atoms with Crippen LogP contribution in [0.5, 0.6) is 0 Å². The Hall–Kier alpha value is -3.79. The molecule has 2 saturated heterocycles. The number of aromatic nitrogens is 3. The van der Waals surface area contributed by atoms with Gasteiger partial charge in [-0.2, -0.15) is 13.2 Å². The van der Waals surface area contributed by atoms with Gasteiger partial charge in [-0.3, -0.25) is 14.6 Å². The van der Waals surface area contributed by atoms with Crippen LogP contribution in [0.3, 0.4) is 0 Å². The predicted molar refractivity (Wildman–Crippen MR) is 188 cm³/mol. The second kappa shape index (κ2) is 13.7. The van der Waals surface area contributed by atoms with Gasteiger partial charge in [0.15, 0.2) is 11.5 Å². The topological polar surface area (TPSA) is 104 Å². The van der Waals surface area contributed by atoms with Gasteiger partial charge in [-0.25, -0.2) is 32.3 Å². The lowest BCUT2D eigenvalue weighted by Crippen LogP contribution is -2.61. The molecular weight excluding hydrogens is 733 g/mol. The highest BCUT2D eigenvalue weighted by Crippen LogP contribution is 2.51. The first kappa shape index (κ1) is 38.1. The van der Waals surface area contributed by atoms with Crippen molar-refractivity contribution in [2.24, 2.45) is 17.8 Å². The van der Waals surface area contributed by atoms with Crippen LogP contribution in [-0.4, -0.2) is 90.9 Å². The van der Waals surface area contributed by atoms with E-state index in [1.165, 1.54) is 0 Å². The van der Waals surface area contributed by atoms with Crippen LogP contribution in [-0.2, 0) is 17.5 Å². The molecule has 2 aliphatic heterocycles. The SMILES string of the molecule is CC1CC2CC(C1)C(NC(=O)c1cnc(-c3cn(C4CCC(F)(F)CC4)c4cc(CN5CCC(N6CC(F)(F)C6)CC5)ccc34)nc1C(F)(F)F)(C(=O)O)C2. The van der Waals surface area contributed by atoms with Crippen molar-refractivity contribution in [3.63, 3.8) is 0 Å². The summed E-state index contributed by atoms with van der Waals surface area (Å²) in [6, 6.07) is 5.26. The number of nitrogens with zero attached hydrogens (tertiary/aromatic N) is 5. The second-order valence-corrected chi connectivity index (χ2v) is 16.9. The lowest BCUT2D eigenvalue weighted by molar-refractivity contribution is -0.151. The Morgan fingerprint density at radius 1 is 0.964 bits per heavy atom. The Morgan fingerprint density at radius 2 is 1.67 bits per heavy atom. The van der Waals surface area contributed by atoms with Crippen molar-refractivity contribution in [1.82, 2.24) is 29.7 Å². The molecule has 2 bridgehead atoms. The molecule has 3 saturated carbocycles. The van der Waals surface area contributed by atoms with Gasteiger partial charge in [0.2, 0.25) is 5.92 Å². The number of halogens is 7. The fraction of sp³-hybridized carbons (Fsp3) is 0.641. The average Bonchev–Trinajstić information content (AvgIpc) is 3.61. The maximum Gasteiger partial charge on any atom is 0.434 e. The molecule has 298 valence electrons. The van der Waals surface area contributed by atoms with E-state index in [0.29, 0.717) is 43.4 Å². The summed E-state index contributed by atoms with van der Waals surface area (Å²) in [6.45, 7) is 3.53. The molecule has 16 heteroatoms. The van der Waals surface area contributed by atoms with Gasteiger partial charge in [0, 0.05) is 60.3 Å². The number of amides is 1. The molecular formula is C39H45F7N6O3. The maximum atomic E-state index is 14.7. The maximum absolute atomic E-state index is 14.7. The summed E-state index contributed by atoms with van der Waals surface area (Å²) >= 11 is 0. The Morgan fingerprint density at radius 3 is 2.33 bits per heavy atom. The molecule has 8 rings (SSSR count). The predicted octanol–water partition coefficient (Wildman–Crippen LogP) is 7.79. The third kappa shape index (κ3) is 7.33. The molecule has 4 unspecified atom stereocenters. The summed E-state index contributed by atoms with van der Waals surface area (Å²) in [5.74, 6) is -8.36. The third-order valence-electron chi connectivity index (χ3n) is 12.9. The standard InChI is InChI=1S/C39H45F7N6O3/c1-22-12-24-14-25(13-22)38(16-24,35(54)55)49-34(53)29-17-47-33(48-32(29)39(44,45)46)30-19-52(27-4-8-36(40,41)9-5-27)31-15-23(2-3-28(30)31)18-50-10-6-26(7-11-50)51-20-37(42,43)21-51/h2-3,15,17,19,22,24-27H,4-14,16,18,20-21H2,1H3,(H,49,53)(H,54,55). The average molecular weight is 779 g/mol. The van der Waals surface area contributed by atoms with E-state index in [-0.39, 0.29) is 80.5 Å². The summed E-state index contributed by atoms with van der Waals surface area (Å²) < 4.78 is 101. The second-order valence-electron chi connectivity index (χ2n) is 16.9. The van der Waals surface area contributed by atoms with Crippen molar-refractivity contribution in [1.29, 1.82) is 0 Å². The van der Waals surface area contributed by atoms with Crippen molar-refractivity contribution in [2.45, 2.75) is 113 Å². The Balaban J connectivity index is 1.09. The molecule has 0 radical (unpaired) electrons. The van der Waals surface area contributed by atoms with Gasteiger partial charge in [0.1, 0.15) is 5.54 Å². The van der Waals surface area contributed by atoms with Crippen LogP contribution in [0.1, 0.15) is 98.8 Å². The number of rotatable bonds is 8. The molecule has 1 aromatic carbocycles. The van der Waals surface area contributed by atoms with E-state index >= 15 is 0 Å². The summed E-state index contributed by atoms with van der Waals surface area (Å²) in [4.78, 5) is 38.4. The molecule has 9 nitrogen and oxygen atoms in total. The number of piperidine rings is 1. The van der Waals surface area contributed by atoms with Crippen LogP contribution in [0.25, 0.3) is 22.3 Å². The van der Waals surface area contributed by atoms with E-state index in [1.807, 2.05) is 28.5 Å². The van der Waals surface area contributed by atoms with Crippen molar-refractivity contribution >= 4 is 22.8 Å². The first-order valence-electron chi connectivity index (χ1n) is 19.3. The van der Waals surface area contributed by atoms with Crippen LogP contribution in [0.4, 0.5) is 30.7 Å². The van der Waals surface area contributed by atoms with Crippen LogP contribution in [0.2, 0.25) is 0 Å². The highest BCUT2D eigenvalue weighted by Gasteiger charge is 2.57. The zero-order chi connectivity index (χ0) is 39.1. The number of hydrogen-bond acceptors (Lipinski definition) is 6. The zero-order valence-electron chi connectivity index (χ0n) is 30.5. The highest BCUT2D eigenvalue weighted by molar-refractivity contribution is 6.00. The number of carbonyl (C=O) groups excluding carboxylic acids is 1. The van der Waals surface area contributed by atoms with Gasteiger partial charge in [-0.1, -0.05) is 19.1 Å². The summed E-state index contributed by atoms with van der Waals surface area (Å²) in [6.07, 6.45) is 0.485. The third-order valence-corrected chi connectivity index (χ3v) is 12.9. The number of benzene rings is 1. The minimum atomic E-state index is -5.09. The van der Waals surface area contributed by atoms with E-state index in [4.69, 9.17) is 0 Å². The molecule has 0 spiro atoms. The highest BCUT2D eigenvalue weighted by atomic mass is 19.4. The lowest BCUT2D eigenvalue weighted by Gasteiger charge is -2.46. The van der Waals surface area contributed by atoms with Crippen LogP contribution < -0.4 is 5.32 Å². The first-order valence-corrected chi connectivity index (χ1v) is 19.3. The summed E-state index contributed by atoms with van der Waals surface area (Å²) in [7, 11) is 0. The zero-order valence-corrected chi connectivity index (χ0v) is 30.5. The molecule has 1 amide bonds. The fourth-order valence-electron chi connectivity index (χ4n) is 10.3. The molecule has 5 aliphatic rings. The van der Waals surface area contributed by atoms with Gasteiger partial charge in [-0.15, -0.1) is 0 Å². The number of fused-ring (bicyclic) bond motifs is 3. The Kier molecular flexibility index (Phi) is 9.49. The lowest BCUT2D eigenvalue weighted by atomic mass is 9.78. The number of likely N-dealkylation sites (tertiary alicyclic amines) is 2. The van der Waals surface area contributed by atoms with E-state index < -0.39 is 52.6 Å². The first-order chi connectivity index (χ1) is 25.9. The molecule has 3 aromatic rings. The molecule has 4 atom stereocenters. The summed E-state index contributed by atoms with van der Waals surface area (Å²) in [5.41, 5.74) is -2.30. The van der Waals surface area contributed by atoms with Crippen LogP contribution in [0, 0.1) is 17.8 Å². The largest absolute Gasteiger partial charge is 0.479 e. The minimum absolute atomic E-state index is 0.0415. The van der Waals surface area contributed by atoms with E-state index in [0.717, 1.165) is 31.0 Å². The van der Waals surface area contributed by atoms with E-state index in [9.17, 15) is 45.4 Å². The number of alkyl halides is 7. The van der Waals surface area contributed by atoms with Crippen molar-refractivity contribution < 1.29 is 45.4 Å². The minimum Gasteiger partial charge on any atom is -0.479 e. The number of hydrogen-bond donors (Lipinski definition) is 2. The van der Waals surface area contributed by atoms with E-state index in [2.05, 4.69) is 20.2 Å². The Labute approximate surface area is 313 Å². The molecule has 3 aliphatic carbocycles.